The molecule has 3 nitrogen and oxygen atoms in total. The van der Waals surface area contributed by atoms with E-state index in [1.165, 1.54) is 6.07 Å². The summed E-state index contributed by atoms with van der Waals surface area (Å²) in [6, 6.07) is 8.09. The molecule has 0 radical (unpaired) electrons. The van der Waals surface area contributed by atoms with Crippen LogP contribution in [0, 0.1) is 5.82 Å². The zero-order valence-corrected chi connectivity index (χ0v) is 12.0. The Hall–Kier alpha value is -1.46. The van der Waals surface area contributed by atoms with Gasteiger partial charge >= 0.3 is 0 Å². The van der Waals surface area contributed by atoms with E-state index < -0.39 is 0 Å². The molecule has 2 N–H and O–H groups in total. The van der Waals surface area contributed by atoms with E-state index in [1.54, 1.807) is 25.3 Å². The van der Waals surface area contributed by atoms with Gasteiger partial charge in [-0.2, -0.15) is 0 Å². The van der Waals surface area contributed by atoms with E-state index in [1.807, 2.05) is 12.1 Å². The van der Waals surface area contributed by atoms with Crippen LogP contribution in [0.5, 0.6) is 5.75 Å². The van der Waals surface area contributed by atoms with Crippen molar-refractivity contribution in [3.8, 4) is 5.75 Å². The van der Waals surface area contributed by atoms with Crippen molar-refractivity contribution in [2.75, 3.05) is 0 Å². The van der Waals surface area contributed by atoms with Crippen molar-refractivity contribution in [3.63, 3.8) is 0 Å². The van der Waals surface area contributed by atoms with Gasteiger partial charge in [-0.1, -0.05) is 6.07 Å². The summed E-state index contributed by atoms with van der Waals surface area (Å²) in [5, 5.41) is 0. The molecular formula is C14H14BrFN2O. The van der Waals surface area contributed by atoms with Crippen LogP contribution in [0.3, 0.4) is 0 Å². The molecule has 0 saturated carbocycles. The van der Waals surface area contributed by atoms with Crippen LogP contribution in [0.15, 0.2) is 41.0 Å². The summed E-state index contributed by atoms with van der Waals surface area (Å²) in [4.78, 5) is 4.18. The highest BCUT2D eigenvalue weighted by molar-refractivity contribution is 9.10. The van der Waals surface area contributed by atoms with Crippen LogP contribution >= 0.6 is 15.9 Å². The Balaban J connectivity index is 2.04. The lowest BCUT2D eigenvalue weighted by Gasteiger charge is -2.10. The molecule has 5 heteroatoms. The van der Waals surface area contributed by atoms with E-state index in [9.17, 15) is 4.39 Å². The number of nitrogens with zero attached hydrogens (tertiary/aromatic N) is 1. The zero-order chi connectivity index (χ0) is 13.8. The maximum atomic E-state index is 13.7. The normalized spacial score (nSPS) is 12.2. The monoisotopic (exact) mass is 324 g/mol. The Morgan fingerprint density at radius 2 is 2.16 bits per heavy atom. The van der Waals surface area contributed by atoms with Gasteiger partial charge in [0.15, 0.2) is 0 Å². The molecule has 0 amide bonds. The highest BCUT2D eigenvalue weighted by Crippen LogP contribution is 2.21. The minimum Gasteiger partial charge on any atom is -0.487 e. The fraction of sp³-hybridized carbons (Fsp3) is 0.214. The summed E-state index contributed by atoms with van der Waals surface area (Å²) in [6.45, 7) is 2.04. The molecule has 19 heavy (non-hydrogen) atoms. The third kappa shape index (κ3) is 3.75. The van der Waals surface area contributed by atoms with Gasteiger partial charge in [-0.3, -0.25) is 4.98 Å². The van der Waals surface area contributed by atoms with E-state index in [0.29, 0.717) is 17.9 Å². The predicted molar refractivity (Wildman–Crippen MR) is 75.3 cm³/mol. The number of aromatic nitrogens is 1. The van der Waals surface area contributed by atoms with Gasteiger partial charge in [-0.25, -0.2) is 4.39 Å². The number of hydrogen-bond acceptors (Lipinski definition) is 3. The highest BCUT2D eigenvalue weighted by Gasteiger charge is 2.08. The Kier molecular flexibility index (Phi) is 4.50. The maximum absolute atomic E-state index is 13.7. The molecule has 0 bridgehead atoms. The Labute approximate surface area is 119 Å². The van der Waals surface area contributed by atoms with Crippen molar-refractivity contribution in [2.45, 2.75) is 19.6 Å². The minimum atomic E-state index is -0.351. The van der Waals surface area contributed by atoms with Crippen molar-refractivity contribution in [3.05, 3.63) is 58.1 Å². The van der Waals surface area contributed by atoms with Crippen molar-refractivity contribution < 1.29 is 9.13 Å². The molecule has 0 aliphatic heterocycles. The van der Waals surface area contributed by atoms with Crippen molar-refractivity contribution in [2.24, 2.45) is 5.73 Å². The summed E-state index contributed by atoms with van der Waals surface area (Å²) < 4.78 is 20.1. The summed E-state index contributed by atoms with van der Waals surface area (Å²) >= 11 is 3.31. The van der Waals surface area contributed by atoms with Crippen LogP contribution in [0.25, 0.3) is 0 Å². The molecule has 1 aromatic heterocycles. The molecule has 0 saturated heterocycles. The van der Waals surface area contributed by atoms with E-state index in [0.717, 1.165) is 10.2 Å². The first-order valence-corrected chi connectivity index (χ1v) is 6.64. The second kappa shape index (κ2) is 6.12. The average molecular weight is 325 g/mol. The SMILES string of the molecule is CC(N)c1ccc(OCc2ccc(Br)cn2)cc1F. The van der Waals surface area contributed by atoms with Gasteiger partial charge in [0.2, 0.25) is 0 Å². The van der Waals surface area contributed by atoms with E-state index >= 15 is 0 Å². The standard InChI is InChI=1S/C14H14BrFN2O/c1-9(17)13-5-4-12(6-14(13)16)19-8-11-3-2-10(15)7-18-11/h2-7,9H,8,17H2,1H3. The third-order valence-electron chi connectivity index (χ3n) is 2.64. The van der Waals surface area contributed by atoms with Gasteiger partial charge in [0.1, 0.15) is 18.2 Å². The molecule has 2 rings (SSSR count). The lowest BCUT2D eigenvalue weighted by atomic mass is 10.1. The fourth-order valence-electron chi connectivity index (χ4n) is 1.62. The van der Waals surface area contributed by atoms with Gasteiger partial charge in [-0.05, 0) is 41.1 Å². The van der Waals surface area contributed by atoms with Crippen molar-refractivity contribution in [1.29, 1.82) is 0 Å². The smallest absolute Gasteiger partial charge is 0.131 e. The van der Waals surface area contributed by atoms with Gasteiger partial charge in [-0.15, -0.1) is 0 Å². The number of benzene rings is 1. The first kappa shape index (κ1) is 14.0. The van der Waals surface area contributed by atoms with Gasteiger partial charge < -0.3 is 10.5 Å². The molecule has 1 heterocycles. The fourth-order valence-corrected chi connectivity index (χ4v) is 1.85. The number of nitrogens with two attached hydrogens (primary N) is 1. The largest absolute Gasteiger partial charge is 0.487 e. The maximum Gasteiger partial charge on any atom is 0.131 e. The van der Waals surface area contributed by atoms with Crippen molar-refractivity contribution >= 4 is 15.9 Å². The van der Waals surface area contributed by atoms with Crippen LogP contribution in [0.1, 0.15) is 24.2 Å². The Bertz CT molecular complexity index is 558. The molecule has 100 valence electrons. The van der Waals surface area contributed by atoms with Gasteiger partial charge in [0.05, 0.1) is 5.69 Å². The van der Waals surface area contributed by atoms with Gasteiger partial charge in [0.25, 0.3) is 0 Å². The molecule has 0 aliphatic carbocycles. The highest BCUT2D eigenvalue weighted by atomic mass is 79.9. The average Bonchev–Trinajstić information content (AvgIpc) is 2.37. The van der Waals surface area contributed by atoms with E-state index in [-0.39, 0.29) is 11.9 Å². The molecule has 0 aliphatic rings. The number of rotatable bonds is 4. The molecule has 0 spiro atoms. The topological polar surface area (TPSA) is 48.1 Å². The quantitative estimate of drug-likeness (QED) is 0.935. The molecule has 1 unspecified atom stereocenters. The summed E-state index contributed by atoms with van der Waals surface area (Å²) in [7, 11) is 0. The lowest BCUT2D eigenvalue weighted by Crippen LogP contribution is -2.07. The number of hydrogen-bond donors (Lipinski definition) is 1. The second-order valence-electron chi connectivity index (χ2n) is 4.23. The molecular weight excluding hydrogens is 311 g/mol. The number of ether oxygens (including phenoxy) is 1. The summed E-state index contributed by atoms with van der Waals surface area (Å²) in [5.41, 5.74) is 6.91. The third-order valence-corrected chi connectivity index (χ3v) is 3.11. The second-order valence-corrected chi connectivity index (χ2v) is 5.14. The molecule has 1 aromatic carbocycles. The Morgan fingerprint density at radius 3 is 2.74 bits per heavy atom. The van der Waals surface area contributed by atoms with E-state index in [2.05, 4.69) is 20.9 Å². The molecule has 0 fully saturated rings. The van der Waals surface area contributed by atoms with Crippen LogP contribution in [0.2, 0.25) is 0 Å². The lowest BCUT2D eigenvalue weighted by molar-refractivity contribution is 0.299. The zero-order valence-electron chi connectivity index (χ0n) is 10.4. The molecule has 1 atom stereocenters. The number of pyridine rings is 1. The first-order chi connectivity index (χ1) is 9.06. The predicted octanol–water partition coefficient (Wildman–Crippen LogP) is 3.58. The summed E-state index contributed by atoms with van der Waals surface area (Å²) in [5.74, 6) is 0.114. The van der Waals surface area contributed by atoms with Crippen molar-refractivity contribution in [1.82, 2.24) is 4.98 Å². The van der Waals surface area contributed by atoms with Crippen LogP contribution < -0.4 is 10.5 Å². The first-order valence-electron chi connectivity index (χ1n) is 5.84. The number of halogens is 2. The van der Waals surface area contributed by atoms with E-state index in [4.69, 9.17) is 10.5 Å². The van der Waals surface area contributed by atoms with Gasteiger partial charge in [0, 0.05) is 28.3 Å². The van der Waals surface area contributed by atoms with Crippen LogP contribution in [0.4, 0.5) is 4.39 Å². The van der Waals surface area contributed by atoms with Crippen LogP contribution in [-0.2, 0) is 6.61 Å². The summed E-state index contributed by atoms with van der Waals surface area (Å²) in [6.07, 6.45) is 1.69. The Morgan fingerprint density at radius 1 is 1.37 bits per heavy atom. The minimum absolute atomic E-state index is 0.296. The molecule has 2 aromatic rings. The van der Waals surface area contributed by atoms with Crippen LogP contribution in [-0.4, -0.2) is 4.98 Å².